The van der Waals surface area contributed by atoms with Crippen molar-refractivity contribution in [1.82, 2.24) is 9.78 Å². The van der Waals surface area contributed by atoms with Crippen molar-refractivity contribution in [3.05, 3.63) is 46.3 Å². The molecule has 0 aliphatic carbocycles. The number of halogens is 1. The fourth-order valence-corrected chi connectivity index (χ4v) is 2.17. The minimum absolute atomic E-state index is 0.0455. The molecule has 1 N–H and O–H groups in total. The van der Waals surface area contributed by atoms with E-state index in [1.807, 2.05) is 41.2 Å². The van der Waals surface area contributed by atoms with Crippen LogP contribution in [0, 0.1) is 3.57 Å². The summed E-state index contributed by atoms with van der Waals surface area (Å²) < 4.78 is 2.94. The summed E-state index contributed by atoms with van der Waals surface area (Å²) in [5.41, 5.74) is 0.853. The van der Waals surface area contributed by atoms with Crippen molar-refractivity contribution in [1.29, 1.82) is 0 Å². The second kappa shape index (κ2) is 6.53. The van der Waals surface area contributed by atoms with Gasteiger partial charge in [0.25, 0.3) is 0 Å². The first kappa shape index (κ1) is 13.1. The molecular weight excluding hydrogens is 341 g/mol. The summed E-state index contributed by atoms with van der Waals surface area (Å²) in [4.78, 5) is 11.7. The Balaban J connectivity index is 1.75. The van der Waals surface area contributed by atoms with Gasteiger partial charge in [-0.1, -0.05) is 6.07 Å². The van der Waals surface area contributed by atoms with Crippen LogP contribution in [-0.4, -0.2) is 15.7 Å². The lowest BCUT2D eigenvalue weighted by Crippen LogP contribution is -2.12. The third kappa shape index (κ3) is 4.14. The molecule has 0 radical (unpaired) electrons. The quantitative estimate of drug-likeness (QED) is 0.839. The summed E-state index contributed by atoms with van der Waals surface area (Å²) >= 11 is 2.23. The van der Waals surface area contributed by atoms with E-state index in [4.69, 9.17) is 0 Å². The fraction of sp³-hybridized carbons (Fsp3) is 0.231. The van der Waals surface area contributed by atoms with Gasteiger partial charge in [0.1, 0.15) is 0 Å². The summed E-state index contributed by atoms with van der Waals surface area (Å²) in [6.45, 7) is 0.771. The number of benzene rings is 1. The molecule has 2 aromatic rings. The van der Waals surface area contributed by atoms with Crippen molar-refractivity contribution in [2.45, 2.75) is 19.4 Å². The molecule has 0 unspecified atom stereocenters. The number of carbonyl (C=O) groups is 1. The zero-order chi connectivity index (χ0) is 12.8. The molecule has 5 heteroatoms. The zero-order valence-electron chi connectivity index (χ0n) is 9.84. The van der Waals surface area contributed by atoms with E-state index in [0.717, 1.165) is 22.2 Å². The van der Waals surface area contributed by atoms with E-state index < -0.39 is 0 Å². The molecule has 2 rings (SSSR count). The minimum atomic E-state index is 0.0455. The molecule has 4 nitrogen and oxygen atoms in total. The van der Waals surface area contributed by atoms with Crippen molar-refractivity contribution >= 4 is 34.2 Å². The van der Waals surface area contributed by atoms with Gasteiger partial charge in [-0.25, -0.2) is 0 Å². The highest BCUT2D eigenvalue weighted by Crippen LogP contribution is 2.12. The predicted octanol–water partition coefficient (Wildman–Crippen LogP) is 2.91. The molecule has 0 atom stereocenters. The van der Waals surface area contributed by atoms with Crippen LogP contribution < -0.4 is 5.32 Å². The van der Waals surface area contributed by atoms with Crippen LogP contribution in [0.15, 0.2) is 42.7 Å². The second-order valence-electron chi connectivity index (χ2n) is 3.93. The third-order valence-corrected chi connectivity index (χ3v) is 3.13. The van der Waals surface area contributed by atoms with Crippen LogP contribution in [0.3, 0.4) is 0 Å². The van der Waals surface area contributed by atoms with Gasteiger partial charge in [0, 0.05) is 34.6 Å². The Morgan fingerprint density at radius 3 is 3.00 bits per heavy atom. The maximum Gasteiger partial charge on any atom is 0.224 e. The lowest BCUT2D eigenvalue weighted by atomic mass is 10.2. The molecule has 1 heterocycles. The Morgan fingerprint density at radius 1 is 1.39 bits per heavy atom. The highest BCUT2D eigenvalue weighted by Gasteiger charge is 2.02. The SMILES string of the molecule is O=C(CCCn1cccn1)Nc1cccc(I)c1. The largest absolute Gasteiger partial charge is 0.326 e. The normalized spacial score (nSPS) is 10.3. The molecule has 0 aliphatic heterocycles. The summed E-state index contributed by atoms with van der Waals surface area (Å²) in [6, 6.07) is 9.65. The third-order valence-electron chi connectivity index (χ3n) is 2.46. The number of amides is 1. The first-order chi connectivity index (χ1) is 8.74. The van der Waals surface area contributed by atoms with Crippen LogP contribution >= 0.6 is 22.6 Å². The van der Waals surface area contributed by atoms with Gasteiger partial charge in [-0.05, 0) is 53.3 Å². The molecule has 0 saturated heterocycles. The molecule has 1 amide bonds. The summed E-state index contributed by atoms with van der Waals surface area (Å²) in [5, 5.41) is 6.98. The second-order valence-corrected chi connectivity index (χ2v) is 5.18. The van der Waals surface area contributed by atoms with E-state index in [1.165, 1.54) is 0 Å². The molecule has 94 valence electrons. The van der Waals surface area contributed by atoms with Crippen molar-refractivity contribution in [2.75, 3.05) is 5.32 Å². The fourth-order valence-electron chi connectivity index (χ4n) is 1.62. The number of aromatic nitrogens is 2. The van der Waals surface area contributed by atoms with Crippen LogP contribution in [0.1, 0.15) is 12.8 Å². The Morgan fingerprint density at radius 2 is 2.28 bits per heavy atom. The summed E-state index contributed by atoms with van der Waals surface area (Å²) in [6.07, 6.45) is 4.94. The molecule has 0 bridgehead atoms. The van der Waals surface area contributed by atoms with Gasteiger partial charge in [-0.2, -0.15) is 5.10 Å². The van der Waals surface area contributed by atoms with Crippen LogP contribution in [0.25, 0.3) is 0 Å². The maximum atomic E-state index is 11.7. The van der Waals surface area contributed by atoms with E-state index in [2.05, 4.69) is 33.0 Å². The van der Waals surface area contributed by atoms with E-state index in [9.17, 15) is 4.79 Å². The Labute approximate surface area is 120 Å². The minimum Gasteiger partial charge on any atom is -0.326 e. The van der Waals surface area contributed by atoms with Gasteiger partial charge < -0.3 is 5.32 Å². The molecule has 0 aliphatic rings. The summed E-state index contributed by atoms with van der Waals surface area (Å²) in [5.74, 6) is 0.0455. The van der Waals surface area contributed by atoms with Crippen molar-refractivity contribution in [2.24, 2.45) is 0 Å². The van der Waals surface area contributed by atoms with Gasteiger partial charge in [0.05, 0.1) is 0 Å². The molecule has 0 saturated carbocycles. The standard InChI is InChI=1S/C13H14IN3O/c14-11-4-1-5-12(10-11)16-13(18)6-2-8-17-9-3-7-15-17/h1,3-5,7,9-10H,2,6,8H2,(H,16,18). The number of nitrogens with one attached hydrogen (secondary N) is 1. The van der Waals surface area contributed by atoms with Gasteiger partial charge in [0.15, 0.2) is 0 Å². The van der Waals surface area contributed by atoms with Crippen LogP contribution in [0.2, 0.25) is 0 Å². The number of nitrogens with zero attached hydrogens (tertiary/aromatic N) is 2. The summed E-state index contributed by atoms with van der Waals surface area (Å²) in [7, 11) is 0. The average molecular weight is 355 g/mol. The first-order valence-electron chi connectivity index (χ1n) is 5.77. The maximum absolute atomic E-state index is 11.7. The van der Waals surface area contributed by atoms with Gasteiger partial charge in [-0.3, -0.25) is 9.48 Å². The van der Waals surface area contributed by atoms with E-state index in [0.29, 0.717) is 6.42 Å². The molecule has 18 heavy (non-hydrogen) atoms. The van der Waals surface area contributed by atoms with E-state index in [1.54, 1.807) is 6.20 Å². The van der Waals surface area contributed by atoms with Crippen LogP contribution in [0.5, 0.6) is 0 Å². The van der Waals surface area contributed by atoms with E-state index >= 15 is 0 Å². The molecule has 0 spiro atoms. The highest BCUT2D eigenvalue weighted by atomic mass is 127. The molecular formula is C13H14IN3O. The molecule has 0 fully saturated rings. The Hall–Kier alpha value is -1.37. The van der Waals surface area contributed by atoms with Crippen LogP contribution in [-0.2, 0) is 11.3 Å². The van der Waals surface area contributed by atoms with Gasteiger partial charge in [-0.15, -0.1) is 0 Å². The molecule has 1 aromatic heterocycles. The van der Waals surface area contributed by atoms with Crippen molar-refractivity contribution in [3.63, 3.8) is 0 Å². The number of rotatable bonds is 5. The lowest BCUT2D eigenvalue weighted by molar-refractivity contribution is -0.116. The number of anilines is 1. The Kier molecular flexibility index (Phi) is 4.74. The number of aryl methyl sites for hydroxylation is 1. The Bertz CT molecular complexity index is 511. The molecule has 1 aromatic carbocycles. The first-order valence-corrected chi connectivity index (χ1v) is 6.85. The number of carbonyl (C=O) groups excluding carboxylic acids is 1. The smallest absolute Gasteiger partial charge is 0.224 e. The van der Waals surface area contributed by atoms with Crippen molar-refractivity contribution < 1.29 is 4.79 Å². The lowest BCUT2D eigenvalue weighted by Gasteiger charge is -2.05. The van der Waals surface area contributed by atoms with Gasteiger partial charge >= 0.3 is 0 Å². The number of hydrogen-bond donors (Lipinski definition) is 1. The van der Waals surface area contributed by atoms with Crippen molar-refractivity contribution in [3.8, 4) is 0 Å². The highest BCUT2D eigenvalue weighted by molar-refractivity contribution is 14.1. The van der Waals surface area contributed by atoms with E-state index in [-0.39, 0.29) is 5.91 Å². The predicted molar refractivity (Wildman–Crippen MR) is 79.2 cm³/mol. The average Bonchev–Trinajstić information content (AvgIpc) is 2.82. The monoisotopic (exact) mass is 355 g/mol. The number of hydrogen-bond acceptors (Lipinski definition) is 2. The zero-order valence-corrected chi connectivity index (χ0v) is 12.0. The topological polar surface area (TPSA) is 46.9 Å². The van der Waals surface area contributed by atoms with Gasteiger partial charge in [0.2, 0.25) is 5.91 Å². The van der Waals surface area contributed by atoms with Crippen LogP contribution in [0.4, 0.5) is 5.69 Å².